The normalized spacial score (nSPS) is 22.5. The number of amidine groups is 1. The number of benzene rings is 1. The van der Waals surface area contributed by atoms with Crippen LogP contribution in [-0.4, -0.2) is 58.0 Å². The second-order valence-electron chi connectivity index (χ2n) is 8.90. The van der Waals surface area contributed by atoms with Gasteiger partial charge in [-0.1, -0.05) is 49.2 Å². The first-order chi connectivity index (χ1) is 15.5. The van der Waals surface area contributed by atoms with E-state index in [0.717, 1.165) is 31.2 Å². The van der Waals surface area contributed by atoms with Crippen LogP contribution in [0.1, 0.15) is 44.6 Å². The molecule has 7 nitrogen and oxygen atoms in total. The molecule has 0 radical (unpaired) electrons. The summed E-state index contributed by atoms with van der Waals surface area (Å²) in [5, 5.41) is 3.08. The monoisotopic (exact) mass is 434 g/mol. The molecule has 1 aromatic carbocycles. The Bertz CT molecular complexity index is 963. The average molecular weight is 435 g/mol. The van der Waals surface area contributed by atoms with Crippen LogP contribution >= 0.6 is 0 Å². The van der Waals surface area contributed by atoms with Gasteiger partial charge in [-0.25, -0.2) is 0 Å². The van der Waals surface area contributed by atoms with Crippen molar-refractivity contribution < 1.29 is 14.4 Å². The van der Waals surface area contributed by atoms with E-state index in [2.05, 4.69) is 10.3 Å². The Morgan fingerprint density at radius 3 is 2.69 bits per heavy atom. The molecule has 2 heterocycles. The van der Waals surface area contributed by atoms with Gasteiger partial charge in [-0.05, 0) is 43.9 Å². The number of hydrogen-bond donors (Lipinski definition) is 1. The van der Waals surface area contributed by atoms with Gasteiger partial charge < -0.3 is 15.1 Å². The molecular formula is C25H30N4O3. The summed E-state index contributed by atoms with van der Waals surface area (Å²) in [6.07, 6.45) is 11.9. The number of carbonyl (C=O) groups excluding carboxylic acids is 3. The molecule has 7 heteroatoms. The van der Waals surface area contributed by atoms with Crippen LogP contribution in [0.4, 0.5) is 0 Å². The second-order valence-corrected chi connectivity index (χ2v) is 8.90. The van der Waals surface area contributed by atoms with E-state index in [-0.39, 0.29) is 36.7 Å². The SMILES string of the molecule is C[C@]1(C(=O)N(CCc2ccccc2)CC(=O)NC2CCCC2)CC(=O)N=C2C=CC=CN21. The molecular weight excluding hydrogens is 404 g/mol. The van der Waals surface area contributed by atoms with E-state index in [1.807, 2.05) is 36.4 Å². The highest BCUT2D eigenvalue weighted by molar-refractivity contribution is 6.09. The number of aliphatic imine (C=N–C) groups is 1. The van der Waals surface area contributed by atoms with Crippen LogP contribution in [0.2, 0.25) is 0 Å². The van der Waals surface area contributed by atoms with E-state index >= 15 is 0 Å². The number of nitrogens with one attached hydrogen (secondary N) is 1. The van der Waals surface area contributed by atoms with Crippen molar-refractivity contribution in [1.29, 1.82) is 0 Å². The van der Waals surface area contributed by atoms with Gasteiger partial charge in [0.05, 0.1) is 13.0 Å². The van der Waals surface area contributed by atoms with E-state index in [4.69, 9.17) is 0 Å². The number of fused-ring (bicyclic) bond motifs is 1. The molecule has 168 valence electrons. The summed E-state index contributed by atoms with van der Waals surface area (Å²) >= 11 is 0. The van der Waals surface area contributed by atoms with Crippen LogP contribution in [0.3, 0.4) is 0 Å². The molecule has 2 aliphatic heterocycles. The third kappa shape index (κ3) is 4.82. The van der Waals surface area contributed by atoms with Gasteiger partial charge in [-0.3, -0.25) is 14.4 Å². The van der Waals surface area contributed by atoms with Crippen LogP contribution in [0.5, 0.6) is 0 Å². The van der Waals surface area contributed by atoms with Gasteiger partial charge in [-0.2, -0.15) is 4.99 Å². The molecule has 1 aliphatic carbocycles. The molecule has 1 fully saturated rings. The minimum absolute atomic E-state index is 0.0220. The third-order valence-electron chi connectivity index (χ3n) is 6.42. The van der Waals surface area contributed by atoms with Gasteiger partial charge >= 0.3 is 0 Å². The highest BCUT2D eigenvalue weighted by Crippen LogP contribution is 2.30. The Balaban J connectivity index is 1.54. The number of amides is 3. The van der Waals surface area contributed by atoms with Gasteiger partial charge in [-0.15, -0.1) is 0 Å². The Hall–Kier alpha value is -3.22. The molecule has 0 bridgehead atoms. The molecule has 3 amide bonds. The van der Waals surface area contributed by atoms with Crippen LogP contribution in [0.15, 0.2) is 59.8 Å². The molecule has 32 heavy (non-hydrogen) atoms. The van der Waals surface area contributed by atoms with Crippen molar-refractivity contribution in [2.75, 3.05) is 13.1 Å². The lowest BCUT2D eigenvalue weighted by Crippen LogP contribution is -2.62. The first kappa shape index (κ1) is 22.0. The van der Waals surface area contributed by atoms with Crippen molar-refractivity contribution >= 4 is 23.6 Å². The van der Waals surface area contributed by atoms with E-state index < -0.39 is 5.54 Å². The maximum absolute atomic E-state index is 13.9. The van der Waals surface area contributed by atoms with Crippen molar-refractivity contribution in [2.45, 2.75) is 57.0 Å². The summed E-state index contributed by atoms with van der Waals surface area (Å²) in [6, 6.07) is 10.1. The maximum Gasteiger partial charge on any atom is 0.250 e. The zero-order valence-electron chi connectivity index (χ0n) is 18.5. The highest BCUT2D eigenvalue weighted by Gasteiger charge is 2.47. The van der Waals surface area contributed by atoms with E-state index in [0.29, 0.717) is 18.8 Å². The number of rotatable bonds is 7. The standard InChI is InChI=1S/C25H30N4O3/c1-25(17-22(30)27-21-13-7-8-15-29(21)25)24(32)28(16-14-19-9-3-2-4-10-19)18-23(31)26-20-11-5-6-12-20/h2-4,7-10,13,15,20H,5-6,11-12,14,16-18H2,1H3,(H,26,31)/t25-/m1/s1. The molecule has 4 rings (SSSR count). The average Bonchev–Trinajstić information content (AvgIpc) is 3.29. The van der Waals surface area contributed by atoms with Crippen LogP contribution in [-0.2, 0) is 20.8 Å². The fraction of sp³-hybridized carbons (Fsp3) is 0.440. The molecule has 0 spiro atoms. The lowest BCUT2D eigenvalue weighted by Gasteiger charge is -2.44. The van der Waals surface area contributed by atoms with Crippen molar-refractivity contribution in [3.8, 4) is 0 Å². The maximum atomic E-state index is 13.9. The minimum atomic E-state index is -1.13. The number of carbonyl (C=O) groups is 3. The van der Waals surface area contributed by atoms with Crippen LogP contribution in [0, 0.1) is 0 Å². The Labute approximate surface area is 188 Å². The molecule has 0 saturated heterocycles. The van der Waals surface area contributed by atoms with Gasteiger partial charge in [0.1, 0.15) is 11.4 Å². The molecule has 0 unspecified atom stereocenters. The number of nitrogens with zero attached hydrogens (tertiary/aromatic N) is 3. The smallest absolute Gasteiger partial charge is 0.250 e. The predicted molar refractivity (Wildman–Crippen MR) is 123 cm³/mol. The third-order valence-corrected chi connectivity index (χ3v) is 6.42. The zero-order valence-corrected chi connectivity index (χ0v) is 18.5. The Kier molecular flexibility index (Phi) is 6.53. The van der Waals surface area contributed by atoms with E-state index in [1.165, 1.54) is 0 Å². The predicted octanol–water partition coefficient (Wildman–Crippen LogP) is 2.59. The summed E-state index contributed by atoms with van der Waals surface area (Å²) in [5.74, 6) is -0.258. The van der Waals surface area contributed by atoms with Crippen LogP contribution < -0.4 is 5.32 Å². The fourth-order valence-corrected chi connectivity index (χ4v) is 4.69. The number of hydrogen-bond acceptors (Lipinski definition) is 4. The number of allylic oxidation sites excluding steroid dienone is 2. The molecule has 1 N–H and O–H groups in total. The zero-order chi connectivity index (χ0) is 22.6. The topological polar surface area (TPSA) is 82.1 Å². The van der Waals surface area contributed by atoms with Crippen molar-refractivity contribution in [2.24, 2.45) is 4.99 Å². The van der Waals surface area contributed by atoms with Crippen molar-refractivity contribution in [1.82, 2.24) is 15.1 Å². The summed E-state index contributed by atoms with van der Waals surface area (Å²) in [5.41, 5.74) is -0.0332. The van der Waals surface area contributed by atoms with Gasteiger partial charge in [0, 0.05) is 18.8 Å². The lowest BCUT2D eigenvalue weighted by molar-refractivity contribution is -0.146. The molecule has 1 saturated carbocycles. The fourth-order valence-electron chi connectivity index (χ4n) is 4.69. The Morgan fingerprint density at radius 2 is 1.94 bits per heavy atom. The Morgan fingerprint density at radius 1 is 1.19 bits per heavy atom. The molecule has 0 aromatic heterocycles. The molecule has 3 aliphatic rings. The quantitative estimate of drug-likeness (QED) is 0.715. The summed E-state index contributed by atoms with van der Waals surface area (Å²) in [7, 11) is 0. The van der Waals surface area contributed by atoms with Gasteiger partial charge in [0.2, 0.25) is 11.8 Å². The van der Waals surface area contributed by atoms with Crippen molar-refractivity contribution in [3.05, 3.63) is 60.3 Å². The summed E-state index contributed by atoms with van der Waals surface area (Å²) in [6.45, 7) is 2.13. The lowest BCUT2D eigenvalue weighted by atomic mass is 9.90. The van der Waals surface area contributed by atoms with Gasteiger partial charge in [0.25, 0.3) is 5.91 Å². The van der Waals surface area contributed by atoms with Crippen LogP contribution in [0.25, 0.3) is 0 Å². The summed E-state index contributed by atoms with van der Waals surface area (Å²) in [4.78, 5) is 46.5. The highest BCUT2D eigenvalue weighted by atomic mass is 16.2. The first-order valence-corrected chi connectivity index (χ1v) is 11.3. The first-order valence-electron chi connectivity index (χ1n) is 11.3. The van der Waals surface area contributed by atoms with Gasteiger partial charge in [0.15, 0.2) is 0 Å². The molecule has 1 atom stereocenters. The van der Waals surface area contributed by atoms with Crippen molar-refractivity contribution in [3.63, 3.8) is 0 Å². The second kappa shape index (κ2) is 9.51. The van der Waals surface area contributed by atoms with E-state index in [9.17, 15) is 14.4 Å². The van der Waals surface area contributed by atoms with E-state index in [1.54, 1.807) is 35.1 Å². The minimum Gasteiger partial charge on any atom is -0.352 e. The largest absolute Gasteiger partial charge is 0.352 e. The molecule has 1 aromatic rings. The summed E-state index contributed by atoms with van der Waals surface area (Å²) < 4.78 is 0.